The van der Waals surface area contributed by atoms with Crippen LogP contribution in [0, 0.1) is 19.8 Å². The summed E-state index contributed by atoms with van der Waals surface area (Å²) >= 11 is 0. The summed E-state index contributed by atoms with van der Waals surface area (Å²) in [4.78, 5) is 0. The molecule has 1 heterocycles. The summed E-state index contributed by atoms with van der Waals surface area (Å²) in [5, 5.41) is 3.59. The molecule has 2 atom stereocenters. The lowest BCUT2D eigenvalue weighted by Gasteiger charge is -2.48. The first-order valence-corrected chi connectivity index (χ1v) is 8.49. The highest BCUT2D eigenvalue weighted by atomic mass is 16.5. The molecule has 2 nitrogen and oxygen atoms in total. The Morgan fingerprint density at radius 3 is 2.52 bits per heavy atom. The van der Waals surface area contributed by atoms with E-state index in [9.17, 15) is 0 Å². The Morgan fingerprint density at radius 1 is 1.24 bits per heavy atom. The van der Waals surface area contributed by atoms with Gasteiger partial charge in [0.15, 0.2) is 0 Å². The van der Waals surface area contributed by atoms with E-state index in [0.29, 0.717) is 6.04 Å². The van der Waals surface area contributed by atoms with Crippen LogP contribution in [-0.4, -0.2) is 25.3 Å². The van der Waals surface area contributed by atoms with Crippen LogP contribution in [0.2, 0.25) is 0 Å². The highest BCUT2D eigenvalue weighted by molar-refractivity contribution is 5.29. The standard InChI is InChI=1S/C19H29NO/c1-14-9-15(2)11-16(10-14)12-18(20-3)17-5-8-21-19(13-17)6-4-7-19/h9-11,17-18,20H,4-8,12-13H2,1-3H3. The minimum absolute atomic E-state index is 0.251. The molecule has 1 saturated heterocycles. The normalized spacial score (nSPS) is 25.6. The van der Waals surface area contributed by atoms with Gasteiger partial charge in [0.05, 0.1) is 5.60 Å². The van der Waals surface area contributed by atoms with E-state index in [-0.39, 0.29) is 5.60 Å². The van der Waals surface area contributed by atoms with Crippen molar-refractivity contribution in [1.82, 2.24) is 5.32 Å². The Hall–Kier alpha value is -0.860. The third kappa shape index (κ3) is 3.32. The Labute approximate surface area is 129 Å². The van der Waals surface area contributed by atoms with E-state index in [1.54, 1.807) is 0 Å². The zero-order valence-corrected chi connectivity index (χ0v) is 13.7. The molecule has 2 heteroatoms. The van der Waals surface area contributed by atoms with E-state index in [0.717, 1.165) is 18.9 Å². The van der Waals surface area contributed by atoms with Crippen LogP contribution in [0.3, 0.4) is 0 Å². The predicted molar refractivity (Wildman–Crippen MR) is 87.7 cm³/mol. The molecule has 0 amide bonds. The summed E-state index contributed by atoms with van der Waals surface area (Å²) < 4.78 is 6.09. The molecule has 0 bridgehead atoms. The van der Waals surface area contributed by atoms with Gasteiger partial charge in [0.1, 0.15) is 0 Å². The SMILES string of the molecule is CNC(Cc1cc(C)cc(C)c1)C1CCOC2(CCC2)C1. The maximum absolute atomic E-state index is 6.09. The summed E-state index contributed by atoms with van der Waals surface area (Å²) in [6.07, 6.45) is 7.52. The maximum atomic E-state index is 6.09. The average molecular weight is 287 g/mol. The number of benzene rings is 1. The fraction of sp³-hybridized carbons (Fsp3) is 0.684. The number of nitrogens with one attached hydrogen (secondary N) is 1. The number of hydrogen-bond acceptors (Lipinski definition) is 2. The maximum Gasteiger partial charge on any atom is 0.0685 e. The highest BCUT2D eigenvalue weighted by Gasteiger charge is 2.44. The highest BCUT2D eigenvalue weighted by Crippen LogP contribution is 2.45. The summed E-state index contributed by atoms with van der Waals surface area (Å²) in [5.74, 6) is 0.755. The van der Waals surface area contributed by atoms with Gasteiger partial charge in [0.2, 0.25) is 0 Å². The van der Waals surface area contributed by atoms with E-state index in [1.165, 1.54) is 48.8 Å². The Morgan fingerprint density at radius 2 is 1.95 bits per heavy atom. The number of likely N-dealkylation sites (N-methyl/N-ethyl adjacent to an activating group) is 1. The lowest BCUT2D eigenvalue weighted by Crippen LogP contribution is -2.50. The number of aryl methyl sites for hydroxylation is 2. The van der Waals surface area contributed by atoms with E-state index >= 15 is 0 Å². The summed E-state index contributed by atoms with van der Waals surface area (Å²) in [5.41, 5.74) is 4.48. The Kier molecular flexibility index (Phi) is 4.37. The molecule has 2 fully saturated rings. The van der Waals surface area contributed by atoms with Gasteiger partial charge >= 0.3 is 0 Å². The van der Waals surface area contributed by atoms with Gasteiger partial charge in [-0.15, -0.1) is 0 Å². The first kappa shape index (κ1) is 15.1. The fourth-order valence-corrected chi connectivity index (χ4v) is 4.27. The Bertz CT molecular complexity index is 472. The van der Waals surface area contributed by atoms with Gasteiger partial charge in [0, 0.05) is 12.6 Å². The van der Waals surface area contributed by atoms with Gasteiger partial charge in [-0.1, -0.05) is 29.3 Å². The first-order valence-electron chi connectivity index (χ1n) is 8.49. The van der Waals surface area contributed by atoms with Crippen molar-refractivity contribution in [2.24, 2.45) is 5.92 Å². The zero-order valence-electron chi connectivity index (χ0n) is 13.7. The van der Waals surface area contributed by atoms with Crippen molar-refractivity contribution >= 4 is 0 Å². The van der Waals surface area contributed by atoms with Crippen LogP contribution in [0.4, 0.5) is 0 Å². The summed E-state index contributed by atoms with van der Waals surface area (Å²) in [6, 6.07) is 7.52. The smallest absolute Gasteiger partial charge is 0.0685 e. The van der Waals surface area contributed by atoms with Crippen molar-refractivity contribution in [3.05, 3.63) is 34.9 Å². The van der Waals surface area contributed by atoms with E-state index < -0.39 is 0 Å². The van der Waals surface area contributed by atoms with Crippen LogP contribution in [0.15, 0.2) is 18.2 Å². The van der Waals surface area contributed by atoms with Crippen LogP contribution in [0.5, 0.6) is 0 Å². The lowest BCUT2D eigenvalue weighted by atomic mass is 9.70. The van der Waals surface area contributed by atoms with Crippen molar-refractivity contribution < 1.29 is 4.74 Å². The summed E-state index contributed by atoms with van der Waals surface area (Å²) in [6.45, 7) is 5.35. The van der Waals surface area contributed by atoms with E-state index in [2.05, 4.69) is 44.4 Å². The molecule has 21 heavy (non-hydrogen) atoms. The molecule has 2 aliphatic rings. The topological polar surface area (TPSA) is 21.3 Å². The molecule has 0 aromatic heterocycles. The van der Waals surface area contributed by atoms with Crippen LogP contribution in [-0.2, 0) is 11.2 Å². The number of ether oxygens (including phenoxy) is 1. The van der Waals surface area contributed by atoms with Crippen LogP contribution >= 0.6 is 0 Å². The van der Waals surface area contributed by atoms with Gasteiger partial charge < -0.3 is 10.1 Å². The molecule has 1 N–H and O–H groups in total. The van der Waals surface area contributed by atoms with Crippen LogP contribution < -0.4 is 5.32 Å². The van der Waals surface area contributed by atoms with Crippen molar-refractivity contribution in [1.29, 1.82) is 0 Å². The third-order valence-corrected chi connectivity index (χ3v) is 5.47. The van der Waals surface area contributed by atoms with Gasteiger partial charge in [-0.05, 0) is 70.9 Å². The van der Waals surface area contributed by atoms with Crippen molar-refractivity contribution in [2.75, 3.05) is 13.7 Å². The second-order valence-corrected chi connectivity index (χ2v) is 7.23. The van der Waals surface area contributed by atoms with Crippen molar-refractivity contribution in [3.8, 4) is 0 Å². The molecule has 1 aliphatic heterocycles. The molecule has 1 spiro atoms. The predicted octanol–water partition coefficient (Wildman–Crippen LogP) is 3.78. The number of hydrogen-bond donors (Lipinski definition) is 1. The van der Waals surface area contributed by atoms with Crippen LogP contribution in [0.25, 0.3) is 0 Å². The summed E-state index contributed by atoms with van der Waals surface area (Å²) in [7, 11) is 2.12. The molecule has 1 aromatic rings. The molecule has 1 aliphatic carbocycles. The molecule has 1 aromatic carbocycles. The number of rotatable bonds is 4. The zero-order chi connectivity index (χ0) is 14.9. The lowest BCUT2D eigenvalue weighted by molar-refractivity contribution is -0.146. The fourth-order valence-electron chi connectivity index (χ4n) is 4.27. The molecular formula is C19H29NO. The van der Waals surface area contributed by atoms with Gasteiger partial charge in [-0.3, -0.25) is 0 Å². The minimum atomic E-state index is 0.251. The van der Waals surface area contributed by atoms with Crippen molar-refractivity contribution in [2.45, 2.75) is 64.0 Å². The monoisotopic (exact) mass is 287 g/mol. The second kappa shape index (κ2) is 6.10. The molecule has 116 valence electrons. The third-order valence-electron chi connectivity index (χ3n) is 5.47. The Balaban J connectivity index is 1.69. The quantitative estimate of drug-likeness (QED) is 0.910. The van der Waals surface area contributed by atoms with Gasteiger partial charge in [-0.2, -0.15) is 0 Å². The first-order chi connectivity index (χ1) is 10.1. The van der Waals surface area contributed by atoms with Gasteiger partial charge in [0.25, 0.3) is 0 Å². The average Bonchev–Trinajstić information content (AvgIpc) is 2.42. The molecule has 3 rings (SSSR count). The minimum Gasteiger partial charge on any atom is -0.375 e. The molecular weight excluding hydrogens is 258 g/mol. The molecule has 0 radical (unpaired) electrons. The van der Waals surface area contributed by atoms with Crippen molar-refractivity contribution in [3.63, 3.8) is 0 Å². The van der Waals surface area contributed by atoms with Gasteiger partial charge in [-0.25, -0.2) is 0 Å². The van der Waals surface area contributed by atoms with Crippen LogP contribution in [0.1, 0.15) is 48.8 Å². The van der Waals surface area contributed by atoms with E-state index in [4.69, 9.17) is 4.74 Å². The largest absolute Gasteiger partial charge is 0.375 e. The molecule has 1 saturated carbocycles. The second-order valence-electron chi connectivity index (χ2n) is 7.23. The van der Waals surface area contributed by atoms with E-state index in [1.807, 2.05) is 0 Å². The molecule has 2 unspecified atom stereocenters.